The van der Waals surface area contributed by atoms with Crippen LogP contribution in [-0.2, 0) is 0 Å². The highest BCUT2D eigenvalue weighted by atomic mass is 32.1. The van der Waals surface area contributed by atoms with E-state index in [0.29, 0.717) is 18.2 Å². The van der Waals surface area contributed by atoms with Gasteiger partial charge in [-0.1, -0.05) is 6.92 Å². The summed E-state index contributed by atoms with van der Waals surface area (Å²) in [6.07, 6.45) is 4.73. The first-order valence-corrected chi connectivity index (χ1v) is 10.7. The molecule has 1 amide bonds. The van der Waals surface area contributed by atoms with Gasteiger partial charge in [0.2, 0.25) is 0 Å². The highest BCUT2D eigenvalue weighted by Gasteiger charge is 2.18. The van der Waals surface area contributed by atoms with Crippen molar-refractivity contribution in [2.75, 3.05) is 23.4 Å². The summed E-state index contributed by atoms with van der Waals surface area (Å²) < 4.78 is 5.54. The predicted molar refractivity (Wildman–Crippen MR) is 123 cm³/mol. The second-order valence-corrected chi connectivity index (χ2v) is 7.77. The molecule has 2 aromatic carbocycles. The molecule has 1 aliphatic rings. The smallest absolute Gasteiger partial charge is 0.257 e. The van der Waals surface area contributed by atoms with E-state index in [1.54, 1.807) is 24.3 Å². The van der Waals surface area contributed by atoms with Gasteiger partial charge in [0.1, 0.15) is 5.75 Å². The van der Waals surface area contributed by atoms with E-state index in [0.717, 1.165) is 24.4 Å². The van der Waals surface area contributed by atoms with Gasteiger partial charge in [0.15, 0.2) is 5.11 Å². The zero-order valence-corrected chi connectivity index (χ0v) is 17.9. The number of ether oxygens (including phenoxy) is 1. The van der Waals surface area contributed by atoms with E-state index in [2.05, 4.69) is 41.5 Å². The standard InChI is InChI=1S/C23H29N3O2S/c1-3-16-28-21-13-7-18(8-14-21)22(27)25-23(29)24-19-9-11-20(12-10-19)26-15-5-4-6-17(26)2/h7-14,17H,3-6,15-16H2,1-2H3,(H2,24,25,27,29). The molecule has 0 saturated carbocycles. The Kier molecular flexibility index (Phi) is 7.47. The van der Waals surface area contributed by atoms with Crippen LogP contribution in [-0.4, -0.2) is 30.2 Å². The molecule has 1 heterocycles. The lowest BCUT2D eigenvalue weighted by Crippen LogP contribution is -2.37. The van der Waals surface area contributed by atoms with Crippen molar-refractivity contribution < 1.29 is 9.53 Å². The fourth-order valence-corrected chi connectivity index (χ4v) is 3.69. The molecular formula is C23H29N3O2S. The molecule has 1 saturated heterocycles. The van der Waals surface area contributed by atoms with Gasteiger partial charge in [-0.25, -0.2) is 0 Å². The molecule has 1 atom stereocenters. The molecule has 0 radical (unpaired) electrons. The van der Waals surface area contributed by atoms with Gasteiger partial charge >= 0.3 is 0 Å². The molecule has 0 bridgehead atoms. The number of piperidine rings is 1. The maximum Gasteiger partial charge on any atom is 0.257 e. The van der Waals surface area contributed by atoms with Gasteiger partial charge < -0.3 is 15.0 Å². The first-order chi connectivity index (χ1) is 14.1. The largest absolute Gasteiger partial charge is 0.494 e. The lowest BCUT2D eigenvalue weighted by atomic mass is 10.0. The number of nitrogens with zero attached hydrogens (tertiary/aromatic N) is 1. The minimum atomic E-state index is -0.247. The maximum absolute atomic E-state index is 12.4. The van der Waals surface area contributed by atoms with E-state index >= 15 is 0 Å². The lowest BCUT2D eigenvalue weighted by Gasteiger charge is -2.35. The van der Waals surface area contributed by atoms with Gasteiger partial charge in [0.05, 0.1) is 6.61 Å². The average Bonchev–Trinajstić information content (AvgIpc) is 2.73. The Morgan fingerprint density at radius 3 is 2.52 bits per heavy atom. The number of anilines is 2. The minimum absolute atomic E-state index is 0.247. The van der Waals surface area contributed by atoms with Gasteiger partial charge in [-0.05, 0) is 93.4 Å². The van der Waals surface area contributed by atoms with Crippen LogP contribution < -0.4 is 20.3 Å². The topological polar surface area (TPSA) is 53.6 Å². The fourth-order valence-electron chi connectivity index (χ4n) is 3.48. The second kappa shape index (κ2) is 10.3. The fraction of sp³-hybridized carbons (Fsp3) is 0.391. The Bertz CT molecular complexity index is 821. The van der Waals surface area contributed by atoms with Gasteiger partial charge in [0.25, 0.3) is 5.91 Å². The second-order valence-electron chi connectivity index (χ2n) is 7.37. The van der Waals surface area contributed by atoms with Gasteiger partial charge in [0, 0.05) is 29.5 Å². The van der Waals surface area contributed by atoms with Gasteiger partial charge in [-0.15, -0.1) is 0 Å². The van der Waals surface area contributed by atoms with E-state index < -0.39 is 0 Å². The Morgan fingerprint density at radius 1 is 1.14 bits per heavy atom. The average molecular weight is 412 g/mol. The molecule has 1 unspecified atom stereocenters. The monoisotopic (exact) mass is 411 g/mol. The summed E-state index contributed by atoms with van der Waals surface area (Å²) >= 11 is 5.29. The minimum Gasteiger partial charge on any atom is -0.494 e. The highest BCUT2D eigenvalue weighted by molar-refractivity contribution is 7.80. The summed E-state index contributed by atoms with van der Waals surface area (Å²) in [5, 5.41) is 6.08. The molecule has 0 spiro atoms. The van der Waals surface area contributed by atoms with E-state index in [4.69, 9.17) is 17.0 Å². The normalized spacial score (nSPS) is 16.2. The number of hydrogen-bond donors (Lipinski definition) is 2. The van der Waals surface area contributed by atoms with Crippen molar-refractivity contribution in [3.63, 3.8) is 0 Å². The molecule has 154 valence electrons. The van der Waals surface area contributed by atoms with Crippen LogP contribution in [0.25, 0.3) is 0 Å². The number of thiocarbonyl (C=S) groups is 1. The van der Waals surface area contributed by atoms with Crippen molar-refractivity contribution in [2.24, 2.45) is 0 Å². The Labute approximate surface area is 178 Å². The van der Waals surface area contributed by atoms with E-state index in [1.807, 2.05) is 12.1 Å². The maximum atomic E-state index is 12.4. The van der Waals surface area contributed by atoms with Crippen molar-refractivity contribution >= 4 is 34.6 Å². The Morgan fingerprint density at radius 2 is 1.86 bits per heavy atom. The summed E-state index contributed by atoms with van der Waals surface area (Å²) in [7, 11) is 0. The number of hydrogen-bond acceptors (Lipinski definition) is 4. The number of carbonyl (C=O) groups excluding carboxylic acids is 1. The van der Waals surface area contributed by atoms with Crippen molar-refractivity contribution in [1.29, 1.82) is 0 Å². The molecule has 3 rings (SSSR count). The third-order valence-corrected chi connectivity index (χ3v) is 5.28. The Balaban J connectivity index is 1.52. The predicted octanol–water partition coefficient (Wildman–Crippen LogP) is 4.98. The van der Waals surface area contributed by atoms with E-state index in [1.165, 1.54) is 24.9 Å². The van der Waals surface area contributed by atoms with E-state index in [-0.39, 0.29) is 11.0 Å². The summed E-state index contributed by atoms with van der Waals surface area (Å²) in [6, 6.07) is 15.8. The molecule has 0 aliphatic carbocycles. The molecule has 6 heteroatoms. The number of carbonyl (C=O) groups is 1. The zero-order valence-electron chi connectivity index (χ0n) is 17.1. The van der Waals surface area contributed by atoms with Crippen LogP contribution in [0.1, 0.15) is 49.9 Å². The third-order valence-electron chi connectivity index (χ3n) is 5.08. The number of nitrogens with one attached hydrogen (secondary N) is 2. The Hall–Kier alpha value is -2.60. The first kappa shape index (κ1) is 21.1. The van der Waals surface area contributed by atoms with Crippen molar-refractivity contribution in [1.82, 2.24) is 5.32 Å². The highest BCUT2D eigenvalue weighted by Crippen LogP contribution is 2.25. The molecule has 2 aromatic rings. The molecule has 1 aliphatic heterocycles. The molecule has 2 N–H and O–H groups in total. The van der Waals surface area contributed by atoms with Crippen LogP contribution in [0.15, 0.2) is 48.5 Å². The van der Waals surface area contributed by atoms with Crippen molar-refractivity contribution in [2.45, 2.75) is 45.6 Å². The van der Waals surface area contributed by atoms with E-state index in [9.17, 15) is 4.79 Å². The molecule has 29 heavy (non-hydrogen) atoms. The molecule has 5 nitrogen and oxygen atoms in total. The molecule has 0 aromatic heterocycles. The molecule has 1 fully saturated rings. The molecular weight excluding hydrogens is 382 g/mol. The summed E-state index contributed by atoms with van der Waals surface area (Å²) in [5.41, 5.74) is 2.61. The van der Waals surface area contributed by atoms with Gasteiger partial charge in [-0.2, -0.15) is 0 Å². The number of rotatable bonds is 6. The quantitative estimate of drug-likeness (QED) is 0.657. The third kappa shape index (κ3) is 5.94. The first-order valence-electron chi connectivity index (χ1n) is 10.3. The van der Waals surface area contributed by atoms with Crippen molar-refractivity contribution in [3.8, 4) is 5.75 Å². The van der Waals surface area contributed by atoms with Crippen LogP contribution in [0, 0.1) is 0 Å². The van der Waals surface area contributed by atoms with Crippen molar-refractivity contribution in [3.05, 3.63) is 54.1 Å². The van der Waals surface area contributed by atoms with Crippen LogP contribution in [0.4, 0.5) is 11.4 Å². The lowest BCUT2D eigenvalue weighted by molar-refractivity contribution is 0.0977. The number of benzene rings is 2. The SMILES string of the molecule is CCCOc1ccc(C(=O)NC(=S)Nc2ccc(N3CCCCC3C)cc2)cc1. The summed E-state index contributed by atoms with van der Waals surface area (Å²) in [4.78, 5) is 14.8. The zero-order chi connectivity index (χ0) is 20.6. The summed E-state index contributed by atoms with van der Waals surface area (Å²) in [6.45, 7) is 6.09. The number of amides is 1. The van der Waals surface area contributed by atoms with Gasteiger partial charge in [-0.3, -0.25) is 10.1 Å². The summed E-state index contributed by atoms with van der Waals surface area (Å²) in [5.74, 6) is 0.510. The van der Waals surface area contributed by atoms with Crippen LogP contribution in [0.2, 0.25) is 0 Å². The van der Waals surface area contributed by atoms with Crippen LogP contribution in [0.5, 0.6) is 5.75 Å². The van der Waals surface area contributed by atoms with Crippen LogP contribution in [0.3, 0.4) is 0 Å². The van der Waals surface area contributed by atoms with Crippen LogP contribution >= 0.6 is 12.2 Å².